The minimum absolute atomic E-state index is 0.00810. The van der Waals surface area contributed by atoms with Crippen molar-refractivity contribution in [3.63, 3.8) is 0 Å². The van der Waals surface area contributed by atoms with Crippen LogP contribution in [-0.4, -0.2) is 83.2 Å². The van der Waals surface area contributed by atoms with Gasteiger partial charge in [0, 0.05) is 62.7 Å². The van der Waals surface area contributed by atoms with Gasteiger partial charge in [-0.2, -0.15) is 0 Å². The Morgan fingerprint density at radius 2 is 2.24 bits per heavy atom. The van der Waals surface area contributed by atoms with Crippen molar-refractivity contribution in [3.05, 3.63) is 30.1 Å². The molecule has 0 radical (unpaired) electrons. The second-order valence-electron chi connectivity index (χ2n) is 8.75. The monoisotopic (exact) mass is 459 g/mol. The van der Waals surface area contributed by atoms with E-state index < -0.39 is 12.2 Å². The number of ether oxygens (including phenoxy) is 2. The van der Waals surface area contributed by atoms with Gasteiger partial charge in [-0.25, -0.2) is 9.78 Å². The third kappa shape index (κ3) is 5.45. The Morgan fingerprint density at radius 1 is 1.42 bits per heavy atom. The van der Waals surface area contributed by atoms with Gasteiger partial charge < -0.3 is 34.7 Å². The maximum absolute atomic E-state index is 13.6. The minimum atomic E-state index is -1.02. The number of hydrogen-bond donors (Lipinski definition) is 3. The minimum Gasteiger partial charge on any atom is -0.465 e. The number of carboxylic acid groups (broad SMARTS) is 1. The standard InChI is InChI=1S/C23H33N5O5/c1-15(28(16-6-7-16)22(29)20-12-24-11-17(33-20)14-32-2)19-13-27(10-4-9-26-23(30)31)21-18(19)5-3-8-25-21/h3,5,8,13,15-17,20,24,26H,4,6-7,9-12,14H2,1-2H3,(H,30,31)/t15-,17+,20-/m1/s1. The van der Waals surface area contributed by atoms with Crippen LogP contribution in [0.1, 0.15) is 37.8 Å². The lowest BCUT2D eigenvalue weighted by atomic mass is 10.1. The molecule has 10 heteroatoms. The normalized spacial score (nSPS) is 21.6. The van der Waals surface area contributed by atoms with E-state index in [4.69, 9.17) is 14.6 Å². The maximum atomic E-state index is 13.6. The van der Waals surface area contributed by atoms with Crippen molar-refractivity contribution in [2.75, 3.05) is 33.4 Å². The lowest BCUT2D eigenvalue weighted by molar-refractivity contribution is -0.156. The first-order chi connectivity index (χ1) is 16.0. The molecule has 3 heterocycles. The molecular formula is C23H33N5O5. The van der Waals surface area contributed by atoms with Gasteiger partial charge in [0.05, 0.1) is 18.8 Å². The van der Waals surface area contributed by atoms with Crippen LogP contribution in [0.2, 0.25) is 0 Å². The predicted molar refractivity (Wildman–Crippen MR) is 122 cm³/mol. The van der Waals surface area contributed by atoms with Gasteiger partial charge in [0.2, 0.25) is 0 Å². The number of amides is 2. The van der Waals surface area contributed by atoms with E-state index >= 15 is 0 Å². The first-order valence-electron chi connectivity index (χ1n) is 11.6. The van der Waals surface area contributed by atoms with Gasteiger partial charge in [0.15, 0.2) is 0 Å². The molecule has 180 valence electrons. The molecule has 2 aromatic rings. The van der Waals surface area contributed by atoms with E-state index in [0.717, 1.165) is 29.4 Å². The average Bonchev–Trinajstić information content (AvgIpc) is 3.57. The second-order valence-corrected chi connectivity index (χ2v) is 8.75. The third-order valence-corrected chi connectivity index (χ3v) is 6.27. The quantitative estimate of drug-likeness (QED) is 0.463. The number of nitrogens with one attached hydrogen (secondary N) is 2. The molecule has 2 amide bonds. The van der Waals surface area contributed by atoms with Gasteiger partial charge in [-0.05, 0) is 38.3 Å². The highest BCUT2D eigenvalue weighted by Gasteiger charge is 2.41. The van der Waals surface area contributed by atoms with E-state index in [1.54, 1.807) is 13.3 Å². The van der Waals surface area contributed by atoms with E-state index in [-0.39, 0.29) is 24.1 Å². The molecule has 2 aromatic heterocycles. The number of rotatable bonds is 10. The Kier molecular flexibility index (Phi) is 7.46. The van der Waals surface area contributed by atoms with Crippen LogP contribution in [0.25, 0.3) is 11.0 Å². The number of methoxy groups -OCH3 is 1. The Bertz CT molecular complexity index is 973. The van der Waals surface area contributed by atoms with Gasteiger partial charge in [0.25, 0.3) is 5.91 Å². The van der Waals surface area contributed by atoms with Crippen LogP contribution in [0.15, 0.2) is 24.5 Å². The summed E-state index contributed by atoms with van der Waals surface area (Å²) in [6.45, 7) is 4.69. The molecule has 10 nitrogen and oxygen atoms in total. The van der Waals surface area contributed by atoms with E-state index in [0.29, 0.717) is 39.2 Å². The van der Waals surface area contributed by atoms with Crippen LogP contribution >= 0.6 is 0 Å². The highest BCUT2D eigenvalue weighted by molar-refractivity contribution is 5.85. The van der Waals surface area contributed by atoms with Crippen LogP contribution in [-0.2, 0) is 20.8 Å². The van der Waals surface area contributed by atoms with Crippen molar-refractivity contribution in [1.82, 2.24) is 25.1 Å². The van der Waals surface area contributed by atoms with E-state index in [1.807, 2.05) is 21.6 Å². The number of pyridine rings is 1. The first-order valence-corrected chi connectivity index (χ1v) is 11.6. The van der Waals surface area contributed by atoms with E-state index in [1.165, 1.54) is 0 Å². The molecule has 33 heavy (non-hydrogen) atoms. The van der Waals surface area contributed by atoms with Gasteiger partial charge in [-0.1, -0.05) is 0 Å². The number of hydrogen-bond acceptors (Lipinski definition) is 6. The topological polar surface area (TPSA) is 118 Å². The molecule has 2 fully saturated rings. The van der Waals surface area contributed by atoms with Crippen molar-refractivity contribution in [2.45, 2.75) is 57.0 Å². The van der Waals surface area contributed by atoms with E-state index in [2.05, 4.69) is 28.7 Å². The molecule has 1 saturated heterocycles. The summed E-state index contributed by atoms with van der Waals surface area (Å²) < 4.78 is 13.3. The highest BCUT2D eigenvalue weighted by Crippen LogP contribution is 2.38. The van der Waals surface area contributed by atoms with Crippen LogP contribution in [0, 0.1) is 0 Å². The molecule has 1 aliphatic heterocycles. The fourth-order valence-corrected chi connectivity index (χ4v) is 4.59. The summed E-state index contributed by atoms with van der Waals surface area (Å²) in [6.07, 6.45) is 4.75. The van der Waals surface area contributed by atoms with Crippen molar-refractivity contribution < 1.29 is 24.2 Å². The summed E-state index contributed by atoms with van der Waals surface area (Å²) in [5.74, 6) is 0.00810. The van der Waals surface area contributed by atoms with Gasteiger partial charge in [0.1, 0.15) is 11.8 Å². The van der Waals surface area contributed by atoms with Crippen molar-refractivity contribution >= 4 is 23.0 Å². The summed E-state index contributed by atoms with van der Waals surface area (Å²) in [7, 11) is 1.63. The Labute approximate surface area is 193 Å². The molecule has 3 N–H and O–H groups in total. The first kappa shape index (κ1) is 23.5. The number of carbonyl (C=O) groups is 2. The zero-order valence-electron chi connectivity index (χ0n) is 19.2. The number of nitrogens with zero attached hydrogens (tertiary/aromatic N) is 3. The summed E-state index contributed by atoms with van der Waals surface area (Å²) in [5, 5.41) is 15.5. The van der Waals surface area contributed by atoms with Crippen LogP contribution in [0.3, 0.4) is 0 Å². The van der Waals surface area contributed by atoms with Crippen LogP contribution < -0.4 is 10.6 Å². The number of carbonyl (C=O) groups excluding carboxylic acids is 1. The molecular weight excluding hydrogens is 426 g/mol. The zero-order chi connectivity index (χ0) is 23.4. The van der Waals surface area contributed by atoms with E-state index in [9.17, 15) is 9.59 Å². The number of aryl methyl sites for hydroxylation is 1. The zero-order valence-corrected chi connectivity index (χ0v) is 19.2. The van der Waals surface area contributed by atoms with Crippen molar-refractivity contribution in [2.24, 2.45) is 0 Å². The predicted octanol–water partition coefficient (Wildman–Crippen LogP) is 1.75. The fourth-order valence-electron chi connectivity index (χ4n) is 4.59. The van der Waals surface area contributed by atoms with Gasteiger partial charge >= 0.3 is 6.09 Å². The molecule has 4 rings (SSSR count). The summed E-state index contributed by atoms with van der Waals surface area (Å²) in [5.41, 5.74) is 1.88. The number of aromatic nitrogens is 2. The molecule has 1 saturated carbocycles. The highest BCUT2D eigenvalue weighted by atomic mass is 16.5. The number of fused-ring (bicyclic) bond motifs is 1. The molecule has 1 aliphatic carbocycles. The lowest BCUT2D eigenvalue weighted by Gasteiger charge is -2.36. The number of morpholine rings is 1. The molecule has 0 aromatic carbocycles. The third-order valence-electron chi connectivity index (χ3n) is 6.27. The largest absolute Gasteiger partial charge is 0.465 e. The Morgan fingerprint density at radius 3 is 2.97 bits per heavy atom. The van der Waals surface area contributed by atoms with Crippen molar-refractivity contribution in [3.8, 4) is 0 Å². The summed E-state index contributed by atoms with van der Waals surface area (Å²) in [4.78, 5) is 30.9. The summed E-state index contributed by atoms with van der Waals surface area (Å²) in [6, 6.07) is 4.01. The van der Waals surface area contributed by atoms with Gasteiger partial charge in [-0.3, -0.25) is 4.79 Å². The Balaban J connectivity index is 1.54. The fraction of sp³-hybridized carbons (Fsp3) is 0.609. The molecule has 0 bridgehead atoms. The average molecular weight is 460 g/mol. The molecule has 0 unspecified atom stereocenters. The smallest absolute Gasteiger partial charge is 0.404 e. The summed E-state index contributed by atoms with van der Waals surface area (Å²) >= 11 is 0. The molecule has 2 aliphatic rings. The SMILES string of the molecule is COC[C@@H]1CNC[C@H](C(=O)N(C2CC2)[C@H](C)c2cn(CCCNC(=O)O)c3ncccc23)O1. The molecule has 0 spiro atoms. The Hall–Kier alpha value is -2.69. The van der Waals surface area contributed by atoms with Gasteiger partial charge in [-0.15, -0.1) is 0 Å². The molecule has 3 atom stereocenters. The van der Waals surface area contributed by atoms with Crippen LogP contribution in [0.5, 0.6) is 0 Å². The van der Waals surface area contributed by atoms with Crippen LogP contribution in [0.4, 0.5) is 4.79 Å². The van der Waals surface area contributed by atoms with Crippen molar-refractivity contribution in [1.29, 1.82) is 0 Å². The second kappa shape index (κ2) is 10.5. The maximum Gasteiger partial charge on any atom is 0.404 e. The lowest BCUT2D eigenvalue weighted by Crippen LogP contribution is -2.54.